The molecule has 2 heteroatoms. The van der Waals surface area contributed by atoms with Crippen LogP contribution in [0.2, 0.25) is 0 Å². The summed E-state index contributed by atoms with van der Waals surface area (Å²) in [5.74, 6) is -0.567. The van der Waals surface area contributed by atoms with Crippen molar-refractivity contribution in [3.8, 4) is 0 Å². The van der Waals surface area contributed by atoms with Crippen molar-refractivity contribution in [3.05, 3.63) is 0 Å². The van der Waals surface area contributed by atoms with Crippen LogP contribution in [-0.4, -0.2) is 11.1 Å². The number of carboxylic acid groups (broad SMARTS) is 1. The second-order valence-corrected chi connectivity index (χ2v) is 5.96. The lowest BCUT2D eigenvalue weighted by molar-refractivity contribution is -0.150. The third kappa shape index (κ3) is 7.59. The van der Waals surface area contributed by atoms with Crippen molar-refractivity contribution >= 4 is 5.97 Å². The Balaban J connectivity index is 4.01. The third-order valence-corrected chi connectivity index (χ3v) is 4.17. The quantitative estimate of drug-likeness (QED) is 0.429. The molecule has 0 aliphatic heterocycles. The zero-order chi connectivity index (χ0) is 14.6. The Morgan fingerprint density at radius 2 is 1.21 bits per heavy atom. The molecule has 0 bridgehead atoms. The molecule has 0 aromatic rings. The van der Waals surface area contributed by atoms with Crippen molar-refractivity contribution in [2.45, 2.75) is 97.8 Å². The summed E-state index contributed by atoms with van der Waals surface area (Å²) in [6.45, 7) is 6.42. The highest BCUT2D eigenvalue weighted by Crippen LogP contribution is 2.36. The number of carboxylic acids is 1. The zero-order valence-electron chi connectivity index (χ0n) is 13.3. The van der Waals surface area contributed by atoms with Crippen LogP contribution in [0.5, 0.6) is 0 Å². The molecule has 0 aliphatic rings. The molecule has 1 N–H and O–H groups in total. The number of rotatable bonds is 13. The van der Waals surface area contributed by atoms with E-state index in [1.807, 2.05) is 0 Å². The maximum atomic E-state index is 11.6. The number of unbranched alkanes of at least 4 members (excludes halogenated alkanes) is 6. The summed E-state index contributed by atoms with van der Waals surface area (Å²) in [6, 6.07) is 0. The van der Waals surface area contributed by atoms with Gasteiger partial charge in [0.25, 0.3) is 0 Å². The van der Waals surface area contributed by atoms with E-state index in [1.165, 1.54) is 38.5 Å². The van der Waals surface area contributed by atoms with Gasteiger partial charge in [0.15, 0.2) is 0 Å². The molecule has 0 aromatic heterocycles. The molecule has 0 unspecified atom stereocenters. The molecule has 0 fully saturated rings. The fourth-order valence-electron chi connectivity index (χ4n) is 3.07. The predicted octanol–water partition coefficient (Wildman–Crippen LogP) is 5.80. The van der Waals surface area contributed by atoms with Gasteiger partial charge in [-0.1, -0.05) is 78.6 Å². The van der Waals surface area contributed by atoms with Gasteiger partial charge < -0.3 is 5.11 Å². The van der Waals surface area contributed by atoms with Gasteiger partial charge in [0.05, 0.1) is 5.41 Å². The lowest BCUT2D eigenvalue weighted by atomic mass is 9.75. The Bertz CT molecular complexity index is 217. The maximum Gasteiger partial charge on any atom is 0.309 e. The highest BCUT2D eigenvalue weighted by Gasteiger charge is 2.35. The Labute approximate surface area is 120 Å². The second-order valence-electron chi connectivity index (χ2n) is 5.96. The van der Waals surface area contributed by atoms with Crippen molar-refractivity contribution in [2.75, 3.05) is 0 Å². The summed E-state index contributed by atoms with van der Waals surface area (Å²) in [6.07, 6.45) is 13.3. The summed E-state index contributed by atoms with van der Waals surface area (Å²) in [4.78, 5) is 11.6. The van der Waals surface area contributed by atoms with E-state index >= 15 is 0 Å². The van der Waals surface area contributed by atoms with E-state index in [2.05, 4.69) is 20.8 Å². The molecular formula is C17H34O2. The van der Waals surface area contributed by atoms with Gasteiger partial charge in [-0.3, -0.25) is 4.79 Å². The number of carbonyl (C=O) groups is 1. The van der Waals surface area contributed by atoms with Crippen molar-refractivity contribution in [3.63, 3.8) is 0 Å². The molecule has 0 rings (SSSR count). The molecular weight excluding hydrogens is 236 g/mol. The van der Waals surface area contributed by atoms with Crippen LogP contribution in [0.1, 0.15) is 97.8 Å². The van der Waals surface area contributed by atoms with Crippen LogP contribution < -0.4 is 0 Å². The van der Waals surface area contributed by atoms with Crippen LogP contribution in [0.15, 0.2) is 0 Å². The normalized spacial score (nSPS) is 11.7. The van der Waals surface area contributed by atoms with E-state index in [4.69, 9.17) is 0 Å². The van der Waals surface area contributed by atoms with E-state index < -0.39 is 11.4 Å². The maximum absolute atomic E-state index is 11.6. The monoisotopic (exact) mass is 270 g/mol. The molecule has 0 atom stereocenters. The lowest BCUT2D eigenvalue weighted by Crippen LogP contribution is -2.31. The van der Waals surface area contributed by atoms with Gasteiger partial charge in [-0.15, -0.1) is 0 Å². The van der Waals surface area contributed by atoms with Gasteiger partial charge in [0.2, 0.25) is 0 Å². The second kappa shape index (κ2) is 11.3. The molecule has 0 saturated heterocycles. The fourth-order valence-corrected chi connectivity index (χ4v) is 3.07. The highest BCUT2D eigenvalue weighted by molar-refractivity contribution is 5.74. The number of hydrogen-bond donors (Lipinski definition) is 1. The molecule has 2 nitrogen and oxygen atoms in total. The minimum Gasteiger partial charge on any atom is -0.481 e. The minimum absolute atomic E-state index is 0.438. The van der Waals surface area contributed by atoms with Crippen LogP contribution in [0.25, 0.3) is 0 Å². The Morgan fingerprint density at radius 3 is 1.63 bits per heavy atom. The van der Waals surface area contributed by atoms with E-state index in [1.54, 1.807) is 0 Å². The van der Waals surface area contributed by atoms with E-state index in [0.717, 1.165) is 38.5 Å². The zero-order valence-corrected chi connectivity index (χ0v) is 13.3. The average Bonchev–Trinajstić information content (AvgIpc) is 2.37. The third-order valence-electron chi connectivity index (χ3n) is 4.17. The first-order chi connectivity index (χ1) is 9.13. The van der Waals surface area contributed by atoms with Gasteiger partial charge in [0.1, 0.15) is 0 Å². The van der Waals surface area contributed by atoms with Crippen LogP contribution in [0.4, 0.5) is 0 Å². The first-order valence-electron chi connectivity index (χ1n) is 8.36. The molecule has 19 heavy (non-hydrogen) atoms. The summed E-state index contributed by atoms with van der Waals surface area (Å²) >= 11 is 0. The van der Waals surface area contributed by atoms with E-state index in [-0.39, 0.29) is 0 Å². The lowest BCUT2D eigenvalue weighted by Gasteiger charge is -2.29. The van der Waals surface area contributed by atoms with Crippen LogP contribution in [0, 0.1) is 5.41 Å². The summed E-state index contributed by atoms with van der Waals surface area (Å²) in [7, 11) is 0. The van der Waals surface area contributed by atoms with Gasteiger partial charge in [-0.2, -0.15) is 0 Å². The highest BCUT2D eigenvalue weighted by atomic mass is 16.4. The van der Waals surface area contributed by atoms with Crippen molar-refractivity contribution < 1.29 is 9.90 Å². The molecule has 0 amide bonds. The van der Waals surface area contributed by atoms with Gasteiger partial charge >= 0.3 is 5.97 Å². The molecule has 0 aliphatic carbocycles. The molecule has 0 radical (unpaired) electrons. The first kappa shape index (κ1) is 18.5. The SMILES string of the molecule is CCCCCCCCCC(CCC)(CCC)C(=O)O. The largest absolute Gasteiger partial charge is 0.481 e. The first-order valence-corrected chi connectivity index (χ1v) is 8.36. The average molecular weight is 270 g/mol. The van der Waals surface area contributed by atoms with E-state index in [9.17, 15) is 9.90 Å². The van der Waals surface area contributed by atoms with Crippen molar-refractivity contribution in [1.82, 2.24) is 0 Å². The van der Waals surface area contributed by atoms with Gasteiger partial charge in [-0.05, 0) is 19.3 Å². The van der Waals surface area contributed by atoms with Gasteiger partial charge in [0, 0.05) is 0 Å². The molecule has 0 heterocycles. The van der Waals surface area contributed by atoms with E-state index in [0.29, 0.717) is 0 Å². The molecule has 0 aromatic carbocycles. The molecule has 114 valence electrons. The number of hydrogen-bond acceptors (Lipinski definition) is 1. The van der Waals surface area contributed by atoms with Crippen LogP contribution >= 0.6 is 0 Å². The topological polar surface area (TPSA) is 37.3 Å². The number of aliphatic carboxylic acids is 1. The summed E-state index contributed by atoms with van der Waals surface area (Å²) in [5, 5.41) is 9.56. The Hall–Kier alpha value is -0.530. The van der Waals surface area contributed by atoms with Crippen molar-refractivity contribution in [2.24, 2.45) is 5.41 Å². The van der Waals surface area contributed by atoms with Crippen molar-refractivity contribution in [1.29, 1.82) is 0 Å². The van der Waals surface area contributed by atoms with Crippen LogP contribution in [0.3, 0.4) is 0 Å². The molecule has 0 spiro atoms. The van der Waals surface area contributed by atoms with Gasteiger partial charge in [-0.25, -0.2) is 0 Å². The fraction of sp³-hybridized carbons (Fsp3) is 0.941. The van der Waals surface area contributed by atoms with Crippen LogP contribution in [-0.2, 0) is 4.79 Å². The smallest absolute Gasteiger partial charge is 0.309 e. The summed E-state index contributed by atoms with van der Waals surface area (Å²) in [5.41, 5.74) is -0.438. The Kier molecular flexibility index (Phi) is 11.0. The Morgan fingerprint density at radius 1 is 0.737 bits per heavy atom. The summed E-state index contributed by atoms with van der Waals surface area (Å²) < 4.78 is 0. The minimum atomic E-state index is -0.567. The molecule has 0 saturated carbocycles. The standard InChI is InChI=1S/C17H34O2/c1-4-7-8-9-10-11-12-15-17(13-5-2,14-6-3)16(18)19/h4-15H2,1-3H3,(H,18,19). The predicted molar refractivity (Wildman–Crippen MR) is 82.5 cm³/mol.